The van der Waals surface area contributed by atoms with E-state index in [9.17, 15) is 9.59 Å². The van der Waals surface area contributed by atoms with Gasteiger partial charge in [-0.05, 0) is 26.8 Å². The maximum absolute atomic E-state index is 11.8. The molecule has 20 heavy (non-hydrogen) atoms. The molecule has 0 atom stereocenters. The Balaban J connectivity index is 2.36. The highest BCUT2D eigenvalue weighted by molar-refractivity contribution is 6.03. The summed E-state index contributed by atoms with van der Waals surface area (Å²) in [5, 5.41) is 3.48. The van der Waals surface area contributed by atoms with Crippen LogP contribution in [-0.2, 0) is 4.74 Å². The number of anilines is 1. The summed E-state index contributed by atoms with van der Waals surface area (Å²) in [6, 6.07) is 7.38. The molecule has 0 aliphatic rings. The fourth-order valence-corrected chi connectivity index (χ4v) is 1.95. The minimum absolute atomic E-state index is 0.113. The fourth-order valence-electron chi connectivity index (χ4n) is 1.95. The molecule has 1 aromatic carbocycles. The van der Waals surface area contributed by atoms with Crippen LogP contribution in [0.2, 0.25) is 0 Å². The van der Waals surface area contributed by atoms with Crippen LogP contribution in [0.15, 0.2) is 30.5 Å². The molecule has 1 amide bonds. The van der Waals surface area contributed by atoms with E-state index < -0.39 is 11.7 Å². The van der Waals surface area contributed by atoms with E-state index in [0.29, 0.717) is 5.69 Å². The minimum atomic E-state index is -0.566. The number of carbonyl (C=O) groups excluding carboxylic acids is 2. The number of amides is 1. The van der Waals surface area contributed by atoms with Crippen molar-refractivity contribution in [3.05, 3.63) is 30.5 Å². The topological polar surface area (TPSA) is 60.3 Å². The number of benzene rings is 1. The van der Waals surface area contributed by atoms with Crippen LogP contribution in [0.1, 0.15) is 32.5 Å². The third kappa shape index (κ3) is 2.99. The van der Waals surface area contributed by atoms with Gasteiger partial charge in [-0.1, -0.05) is 18.2 Å². The molecular formula is C15H18N2O3. The van der Waals surface area contributed by atoms with Gasteiger partial charge in [0, 0.05) is 18.5 Å². The second-order valence-corrected chi connectivity index (χ2v) is 5.58. The van der Waals surface area contributed by atoms with Gasteiger partial charge < -0.3 is 4.74 Å². The van der Waals surface area contributed by atoms with Crippen molar-refractivity contribution in [2.75, 3.05) is 5.32 Å². The van der Waals surface area contributed by atoms with Gasteiger partial charge in [-0.25, -0.2) is 4.79 Å². The summed E-state index contributed by atoms with van der Waals surface area (Å²) in [7, 11) is 0. The molecular weight excluding hydrogens is 256 g/mol. The second kappa shape index (κ2) is 5.00. The van der Waals surface area contributed by atoms with Crippen LogP contribution in [0, 0.1) is 0 Å². The van der Waals surface area contributed by atoms with Gasteiger partial charge in [0.2, 0.25) is 5.91 Å². The van der Waals surface area contributed by atoms with E-state index in [0.717, 1.165) is 10.9 Å². The summed E-state index contributed by atoms with van der Waals surface area (Å²) in [6.07, 6.45) is 1.07. The highest BCUT2D eigenvalue weighted by Crippen LogP contribution is 2.26. The first-order valence-electron chi connectivity index (χ1n) is 6.39. The highest BCUT2D eigenvalue weighted by atomic mass is 16.6. The van der Waals surface area contributed by atoms with Gasteiger partial charge in [-0.2, -0.15) is 0 Å². The van der Waals surface area contributed by atoms with Crippen molar-refractivity contribution in [2.24, 2.45) is 0 Å². The van der Waals surface area contributed by atoms with Crippen molar-refractivity contribution in [3.63, 3.8) is 0 Å². The number of hydrogen-bond donors (Lipinski definition) is 1. The Hall–Kier alpha value is -2.30. The lowest BCUT2D eigenvalue weighted by Gasteiger charge is -2.19. The number of nitrogens with zero attached hydrogens (tertiary/aromatic N) is 1. The lowest BCUT2D eigenvalue weighted by atomic mass is 10.2. The zero-order valence-electron chi connectivity index (χ0n) is 12.1. The molecule has 2 rings (SSSR count). The number of hydrogen-bond acceptors (Lipinski definition) is 3. The Morgan fingerprint density at radius 2 is 1.85 bits per heavy atom. The summed E-state index contributed by atoms with van der Waals surface area (Å²) in [6.45, 7) is 6.87. The summed E-state index contributed by atoms with van der Waals surface area (Å²) < 4.78 is 6.72. The maximum atomic E-state index is 11.8. The molecule has 0 unspecified atom stereocenters. The van der Waals surface area contributed by atoms with E-state index in [-0.39, 0.29) is 5.91 Å². The smallest absolute Gasteiger partial charge is 0.412 e. The zero-order valence-corrected chi connectivity index (χ0v) is 12.1. The molecule has 1 N–H and O–H groups in total. The number of rotatable bonds is 1. The van der Waals surface area contributed by atoms with E-state index in [2.05, 4.69) is 5.32 Å². The molecule has 0 aliphatic heterocycles. The van der Waals surface area contributed by atoms with Crippen LogP contribution in [0.3, 0.4) is 0 Å². The van der Waals surface area contributed by atoms with E-state index in [4.69, 9.17) is 4.74 Å². The Labute approximate surface area is 117 Å². The van der Waals surface area contributed by atoms with Gasteiger partial charge in [-0.15, -0.1) is 0 Å². The molecule has 1 heterocycles. The number of fused-ring (bicyclic) bond motifs is 1. The number of nitrogens with one attached hydrogen (secondary N) is 1. The van der Waals surface area contributed by atoms with Crippen LogP contribution in [-0.4, -0.2) is 22.2 Å². The van der Waals surface area contributed by atoms with Gasteiger partial charge >= 0.3 is 6.09 Å². The van der Waals surface area contributed by atoms with Crippen LogP contribution in [0.4, 0.5) is 10.5 Å². The van der Waals surface area contributed by atoms with Gasteiger partial charge in [0.15, 0.2) is 0 Å². The SMILES string of the molecule is CC(=O)n1cc(NC(=O)OC(C)(C)C)c2ccccc21. The zero-order chi connectivity index (χ0) is 14.9. The number of ether oxygens (including phenoxy) is 1. The first-order chi connectivity index (χ1) is 9.28. The van der Waals surface area contributed by atoms with Gasteiger partial charge in [-0.3, -0.25) is 14.7 Å². The Morgan fingerprint density at radius 3 is 2.45 bits per heavy atom. The van der Waals surface area contributed by atoms with Crippen molar-refractivity contribution < 1.29 is 14.3 Å². The van der Waals surface area contributed by atoms with Crippen molar-refractivity contribution in [2.45, 2.75) is 33.3 Å². The van der Waals surface area contributed by atoms with Crippen molar-refractivity contribution >= 4 is 28.6 Å². The summed E-state index contributed by atoms with van der Waals surface area (Å²) in [5.41, 5.74) is 0.749. The van der Waals surface area contributed by atoms with Crippen LogP contribution >= 0.6 is 0 Å². The van der Waals surface area contributed by atoms with E-state index in [1.165, 1.54) is 11.5 Å². The molecule has 1 aromatic heterocycles. The predicted molar refractivity (Wildman–Crippen MR) is 78.1 cm³/mol. The molecule has 0 aliphatic carbocycles. The van der Waals surface area contributed by atoms with Gasteiger partial charge in [0.25, 0.3) is 0 Å². The number of carbonyl (C=O) groups is 2. The summed E-state index contributed by atoms with van der Waals surface area (Å²) in [4.78, 5) is 23.4. The van der Waals surface area contributed by atoms with Crippen LogP contribution in [0.5, 0.6) is 0 Å². The summed E-state index contributed by atoms with van der Waals surface area (Å²) in [5.74, 6) is -0.113. The quantitative estimate of drug-likeness (QED) is 0.863. The molecule has 0 spiro atoms. The third-order valence-electron chi connectivity index (χ3n) is 2.69. The first-order valence-corrected chi connectivity index (χ1v) is 6.39. The normalized spacial score (nSPS) is 11.4. The molecule has 0 saturated carbocycles. The lowest BCUT2D eigenvalue weighted by molar-refractivity contribution is 0.0635. The van der Waals surface area contributed by atoms with E-state index in [1.54, 1.807) is 27.0 Å². The van der Waals surface area contributed by atoms with Gasteiger partial charge in [0.1, 0.15) is 5.60 Å². The average molecular weight is 274 g/mol. The fraction of sp³-hybridized carbons (Fsp3) is 0.333. The Morgan fingerprint density at radius 1 is 1.20 bits per heavy atom. The molecule has 0 saturated heterocycles. The second-order valence-electron chi connectivity index (χ2n) is 5.58. The molecule has 5 heteroatoms. The number of aromatic nitrogens is 1. The number of para-hydroxylation sites is 1. The molecule has 0 radical (unpaired) electrons. The van der Waals surface area contributed by atoms with Crippen LogP contribution in [0.25, 0.3) is 10.9 Å². The van der Waals surface area contributed by atoms with Crippen molar-refractivity contribution in [3.8, 4) is 0 Å². The van der Waals surface area contributed by atoms with Crippen LogP contribution < -0.4 is 5.32 Å². The molecule has 5 nitrogen and oxygen atoms in total. The monoisotopic (exact) mass is 274 g/mol. The lowest BCUT2D eigenvalue weighted by Crippen LogP contribution is -2.27. The van der Waals surface area contributed by atoms with Crippen molar-refractivity contribution in [1.82, 2.24) is 4.57 Å². The largest absolute Gasteiger partial charge is 0.444 e. The molecule has 0 fully saturated rings. The first kappa shape index (κ1) is 14.1. The van der Waals surface area contributed by atoms with Gasteiger partial charge in [0.05, 0.1) is 11.2 Å². The molecule has 2 aromatic rings. The molecule has 0 bridgehead atoms. The van der Waals surface area contributed by atoms with E-state index >= 15 is 0 Å². The summed E-state index contributed by atoms with van der Waals surface area (Å²) >= 11 is 0. The highest BCUT2D eigenvalue weighted by Gasteiger charge is 2.18. The third-order valence-corrected chi connectivity index (χ3v) is 2.69. The Bertz CT molecular complexity index is 665. The predicted octanol–water partition coefficient (Wildman–Crippen LogP) is 3.65. The Kier molecular flexibility index (Phi) is 3.53. The standard InChI is InChI=1S/C15H18N2O3/c1-10(18)17-9-12(11-7-5-6-8-13(11)17)16-14(19)20-15(2,3)4/h5-9H,1-4H3,(H,16,19). The maximum Gasteiger partial charge on any atom is 0.412 e. The minimum Gasteiger partial charge on any atom is -0.444 e. The average Bonchev–Trinajstić information content (AvgIpc) is 2.66. The molecule has 106 valence electrons. The van der Waals surface area contributed by atoms with E-state index in [1.807, 2.05) is 24.3 Å². The van der Waals surface area contributed by atoms with Crippen molar-refractivity contribution in [1.29, 1.82) is 0 Å².